The maximum Gasteiger partial charge on any atom is 0.255 e. The number of carbonyl (C=O) groups excluding carboxylic acids is 1. The summed E-state index contributed by atoms with van der Waals surface area (Å²) in [5.74, 6) is -1.51. The third kappa shape index (κ3) is 4.40. The Morgan fingerprint density at radius 3 is 2.47 bits per heavy atom. The number of aromatic nitrogens is 1. The largest absolute Gasteiger partial charge is 0.354 e. The highest BCUT2D eigenvalue weighted by Crippen LogP contribution is 2.26. The first-order valence-electron chi connectivity index (χ1n) is 11.7. The van der Waals surface area contributed by atoms with Crippen molar-refractivity contribution in [2.24, 2.45) is 0 Å². The molecule has 3 aromatic carbocycles. The summed E-state index contributed by atoms with van der Waals surface area (Å²) < 4.78 is 43.3. The van der Waals surface area contributed by atoms with Gasteiger partial charge in [-0.3, -0.25) is 9.59 Å². The van der Waals surface area contributed by atoms with E-state index in [1.54, 1.807) is 50.2 Å². The zero-order valence-corrected chi connectivity index (χ0v) is 20.7. The third-order valence-electron chi connectivity index (χ3n) is 6.76. The van der Waals surface area contributed by atoms with Gasteiger partial charge in [0.05, 0.1) is 21.5 Å². The topological polar surface area (TPSA) is 108 Å². The summed E-state index contributed by atoms with van der Waals surface area (Å²) in [7, 11) is -3.69. The van der Waals surface area contributed by atoms with Crippen LogP contribution in [0.3, 0.4) is 0 Å². The number of H-pyrrole nitrogens is 1. The SMILES string of the molecule is CC(C)(NC(=O)c1cc2[nH]c3ccccc3c(=O)c2cc1F)c1cccc(S(=O)(=O)NC2CCC2)c1. The summed E-state index contributed by atoms with van der Waals surface area (Å²) in [6.07, 6.45) is 2.64. The van der Waals surface area contributed by atoms with Crippen molar-refractivity contribution in [1.82, 2.24) is 15.0 Å². The number of nitrogens with one attached hydrogen (secondary N) is 3. The number of pyridine rings is 1. The minimum absolute atomic E-state index is 0.0502. The Morgan fingerprint density at radius 1 is 1.00 bits per heavy atom. The van der Waals surface area contributed by atoms with Gasteiger partial charge in [-0.2, -0.15) is 0 Å². The van der Waals surface area contributed by atoms with Crippen LogP contribution in [0.1, 0.15) is 49.0 Å². The molecule has 186 valence electrons. The first kappa shape index (κ1) is 24.1. The van der Waals surface area contributed by atoms with Crippen molar-refractivity contribution in [3.8, 4) is 0 Å². The fraction of sp³-hybridized carbons (Fsp3) is 0.259. The van der Waals surface area contributed by atoms with Gasteiger partial charge in [-0.25, -0.2) is 17.5 Å². The number of amides is 1. The smallest absolute Gasteiger partial charge is 0.255 e. The van der Waals surface area contributed by atoms with E-state index >= 15 is 4.39 Å². The minimum Gasteiger partial charge on any atom is -0.354 e. The number of sulfonamides is 1. The van der Waals surface area contributed by atoms with Gasteiger partial charge in [0.2, 0.25) is 10.0 Å². The molecule has 1 aliphatic carbocycles. The molecule has 9 heteroatoms. The van der Waals surface area contributed by atoms with Gasteiger partial charge in [0.1, 0.15) is 5.82 Å². The molecule has 1 aliphatic rings. The van der Waals surface area contributed by atoms with E-state index in [1.165, 1.54) is 18.2 Å². The molecule has 1 amide bonds. The number of hydrogen-bond acceptors (Lipinski definition) is 4. The molecule has 0 bridgehead atoms. The second-order valence-corrected chi connectivity index (χ2v) is 11.4. The van der Waals surface area contributed by atoms with E-state index < -0.39 is 27.3 Å². The molecular formula is C27H26FN3O4S. The zero-order chi connectivity index (χ0) is 25.7. The number of carbonyl (C=O) groups is 1. The van der Waals surface area contributed by atoms with Crippen LogP contribution in [-0.2, 0) is 15.6 Å². The molecule has 4 aromatic rings. The number of halogens is 1. The molecule has 0 aliphatic heterocycles. The van der Waals surface area contributed by atoms with Gasteiger partial charge in [0.25, 0.3) is 5.91 Å². The van der Waals surface area contributed by atoms with Crippen molar-refractivity contribution in [2.45, 2.75) is 49.6 Å². The summed E-state index contributed by atoms with van der Waals surface area (Å²) in [4.78, 5) is 29.1. The van der Waals surface area contributed by atoms with Crippen molar-refractivity contribution in [3.05, 3.63) is 87.8 Å². The lowest BCUT2D eigenvalue weighted by atomic mass is 9.93. The number of aromatic amines is 1. The highest BCUT2D eigenvalue weighted by Gasteiger charge is 2.29. The Balaban J connectivity index is 1.45. The summed E-state index contributed by atoms with van der Waals surface area (Å²) in [6.45, 7) is 3.43. The van der Waals surface area contributed by atoms with Gasteiger partial charge < -0.3 is 10.3 Å². The van der Waals surface area contributed by atoms with E-state index in [4.69, 9.17) is 0 Å². The lowest BCUT2D eigenvalue weighted by molar-refractivity contribution is 0.0908. The van der Waals surface area contributed by atoms with E-state index in [2.05, 4.69) is 15.0 Å². The van der Waals surface area contributed by atoms with Crippen LogP contribution < -0.4 is 15.5 Å². The Kier molecular flexibility index (Phi) is 5.92. The van der Waals surface area contributed by atoms with Crippen molar-refractivity contribution in [2.75, 3.05) is 0 Å². The van der Waals surface area contributed by atoms with E-state index in [9.17, 15) is 18.0 Å². The molecule has 1 aromatic heterocycles. The molecule has 1 fully saturated rings. The predicted octanol–water partition coefficient (Wildman–Crippen LogP) is 4.32. The van der Waals surface area contributed by atoms with Crippen LogP contribution in [0.4, 0.5) is 4.39 Å². The molecule has 1 saturated carbocycles. The number of hydrogen-bond donors (Lipinski definition) is 3. The first-order chi connectivity index (χ1) is 17.0. The average molecular weight is 508 g/mol. The summed E-state index contributed by atoms with van der Waals surface area (Å²) >= 11 is 0. The molecule has 0 radical (unpaired) electrons. The number of rotatable bonds is 6. The van der Waals surface area contributed by atoms with Crippen LogP contribution in [0.2, 0.25) is 0 Å². The molecule has 7 nitrogen and oxygen atoms in total. The van der Waals surface area contributed by atoms with Crippen LogP contribution in [0.5, 0.6) is 0 Å². The fourth-order valence-electron chi connectivity index (χ4n) is 4.41. The van der Waals surface area contributed by atoms with Crippen LogP contribution in [-0.4, -0.2) is 25.4 Å². The van der Waals surface area contributed by atoms with Crippen molar-refractivity contribution >= 4 is 37.7 Å². The Morgan fingerprint density at radius 2 is 1.75 bits per heavy atom. The zero-order valence-electron chi connectivity index (χ0n) is 19.9. The normalized spacial score (nSPS) is 14.6. The first-order valence-corrected chi connectivity index (χ1v) is 13.2. The van der Waals surface area contributed by atoms with E-state index in [-0.39, 0.29) is 27.3 Å². The van der Waals surface area contributed by atoms with E-state index in [1.807, 2.05) is 0 Å². The van der Waals surface area contributed by atoms with Crippen molar-refractivity contribution < 1.29 is 17.6 Å². The highest BCUT2D eigenvalue weighted by atomic mass is 32.2. The lowest BCUT2D eigenvalue weighted by Gasteiger charge is -2.28. The van der Waals surface area contributed by atoms with Crippen LogP contribution in [0, 0.1) is 5.82 Å². The van der Waals surface area contributed by atoms with Gasteiger partial charge in [-0.1, -0.05) is 30.7 Å². The Hall–Kier alpha value is -3.56. The van der Waals surface area contributed by atoms with Crippen LogP contribution in [0.15, 0.2) is 70.4 Å². The van der Waals surface area contributed by atoms with Crippen molar-refractivity contribution in [3.63, 3.8) is 0 Å². The average Bonchev–Trinajstić information content (AvgIpc) is 2.82. The number of para-hydroxylation sites is 1. The summed E-state index contributed by atoms with van der Waals surface area (Å²) in [6, 6.07) is 15.6. The lowest BCUT2D eigenvalue weighted by Crippen LogP contribution is -2.42. The number of fused-ring (bicyclic) bond motifs is 2. The summed E-state index contributed by atoms with van der Waals surface area (Å²) in [5.41, 5.74) is -0.0823. The minimum atomic E-state index is -3.69. The Bertz CT molecular complexity index is 1670. The molecule has 3 N–H and O–H groups in total. The third-order valence-corrected chi connectivity index (χ3v) is 8.27. The molecular weight excluding hydrogens is 481 g/mol. The monoisotopic (exact) mass is 507 g/mol. The van der Waals surface area contributed by atoms with Gasteiger partial charge in [-0.15, -0.1) is 0 Å². The molecule has 5 rings (SSSR count). The van der Waals surface area contributed by atoms with Crippen LogP contribution in [0.25, 0.3) is 21.8 Å². The molecule has 36 heavy (non-hydrogen) atoms. The second-order valence-electron chi connectivity index (χ2n) is 9.73. The van der Waals surface area contributed by atoms with Crippen LogP contribution >= 0.6 is 0 Å². The van der Waals surface area contributed by atoms with Gasteiger partial charge in [0, 0.05) is 22.3 Å². The molecule has 1 heterocycles. The maximum absolute atomic E-state index is 15.0. The second kappa shape index (κ2) is 8.83. The summed E-state index contributed by atoms with van der Waals surface area (Å²) in [5, 5.41) is 3.39. The maximum atomic E-state index is 15.0. The Labute approximate surface area is 207 Å². The van der Waals surface area contributed by atoms with Gasteiger partial charge in [0.15, 0.2) is 5.43 Å². The standard InChI is InChI=1S/C27H26FN3O4S/c1-27(2,16-7-5-10-18(13-16)36(34,35)31-17-8-6-9-17)30-26(33)20-15-24-21(14-22(20)28)25(32)19-11-3-4-12-23(19)29-24/h3-5,7,10-15,17,31H,6,8-9H2,1-2H3,(H,29,32)(H,30,33). The fourth-order valence-corrected chi connectivity index (χ4v) is 5.76. The molecule has 0 spiro atoms. The molecule has 0 saturated heterocycles. The molecule has 0 unspecified atom stereocenters. The van der Waals surface area contributed by atoms with Gasteiger partial charge in [-0.05, 0) is 68.7 Å². The number of benzene rings is 3. The highest BCUT2D eigenvalue weighted by molar-refractivity contribution is 7.89. The molecule has 0 atom stereocenters. The van der Waals surface area contributed by atoms with Crippen molar-refractivity contribution in [1.29, 1.82) is 0 Å². The quantitative estimate of drug-likeness (QED) is 0.338. The predicted molar refractivity (Wildman–Crippen MR) is 137 cm³/mol. The van der Waals surface area contributed by atoms with Gasteiger partial charge >= 0.3 is 0 Å². The van der Waals surface area contributed by atoms with E-state index in [0.29, 0.717) is 22.0 Å². The van der Waals surface area contributed by atoms with E-state index in [0.717, 1.165) is 25.3 Å².